The molecule has 1 aromatic rings. The third-order valence-electron chi connectivity index (χ3n) is 8.61. The molecule has 212 valence electrons. The normalized spacial score (nSPS) is 28.4. The summed E-state index contributed by atoms with van der Waals surface area (Å²) in [7, 11) is 3.65. The van der Waals surface area contributed by atoms with E-state index in [9.17, 15) is 34.8 Å². The topological polar surface area (TPSA) is 177 Å². The van der Waals surface area contributed by atoms with Crippen LogP contribution >= 0.6 is 0 Å². The first-order chi connectivity index (χ1) is 18.3. The number of nitrogens with zero attached hydrogens (tertiary/aromatic N) is 2. The Morgan fingerprint density at radius 3 is 2.31 bits per heavy atom. The molecule has 4 rings (SSSR count). The number of fused-ring (bicyclic) bond motifs is 3. The molecule has 1 amide bonds. The Bertz CT molecular complexity index is 1300. The van der Waals surface area contributed by atoms with E-state index in [4.69, 9.17) is 5.73 Å². The minimum Gasteiger partial charge on any atom is -0.510 e. The third-order valence-corrected chi connectivity index (χ3v) is 8.61. The number of Topliss-reactive ketones (excluding diaryl/α,β-unsaturated/α-hetero) is 2. The largest absolute Gasteiger partial charge is 0.510 e. The van der Waals surface area contributed by atoms with E-state index in [1.165, 1.54) is 6.07 Å². The first-order valence-electron chi connectivity index (χ1n) is 13.3. The highest BCUT2D eigenvalue weighted by Crippen LogP contribution is 2.58. The van der Waals surface area contributed by atoms with Crippen LogP contribution in [0.1, 0.15) is 43.1 Å². The standard InChI is InChI=1S/C28H38N4O7/c1-6-30-21-15-12-27(13-32(7-2)8-3)11-14-16(31(4)5)9-10-17(33)18(14)22(34)20(27)25(37)28(15,39)24(36)19(23(21)35)26(29)38/h9-10,15,21,30,33,35,37,39H,6-8,11-13H2,1-5H3,(H2,29,38)/t15-,21-,27-,28+/m0/s1. The van der Waals surface area contributed by atoms with E-state index in [1.54, 1.807) is 13.0 Å². The summed E-state index contributed by atoms with van der Waals surface area (Å²) in [6.07, 6.45) is 0.241. The van der Waals surface area contributed by atoms with Gasteiger partial charge in [0.1, 0.15) is 22.8 Å². The molecule has 0 fully saturated rings. The highest BCUT2D eigenvalue weighted by Gasteiger charge is 2.66. The summed E-state index contributed by atoms with van der Waals surface area (Å²) < 4.78 is 0. The van der Waals surface area contributed by atoms with Gasteiger partial charge in [-0.1, -0.05) is 20.8 Å². The second kappa shape index (κ2) is 9.96. The SMILES string of the molecule is CCN[C@@H]1C(O)=C(C(N)=O)C(=O)[C@@]2(O)C(O)=C3C(=O)c4c(O)ccc(N(C)C)c4C[C@@]3(CN(CC)CC)C[C@@H]12. The highest BCUT2D eigenvalue weighted by molar-refractivity contribution is 6.25. The zero-order valence-corrected chi connectivity index (χ0v) is 23.0. The maximum absolute atomic E-state index is 14.2. The number of likely N-dealkylation sites (N-methyl/N-ethyl adjacent to an activating group) is 1. The summed E-state index contributed by atoms with van der Waals surface area (Å²) in [5, 5.41) is 48.6. The van der Waals surface area contributed by atoms with Crippen LogP contribution in [0.4, 0.5) is 5.69 Å². The average molecular weight is 543 g/mol. The van der Waals surface area contributed by atoms with Crippen molar-refractivity contribution in [2.24, 2.45) is 17.1 Å². The second-order valence-electron chi connectivity index (χ2n) is 10.9. The number of carbonyl (C=O) groups excluding carboxylic acids is 3. The first-order valence-corrected chi connectivity index (χ1v) is 13.3. The van der Waals surface area contributed by atoms with Crippen molar-refractivity contribution in [2.45, 2.75) is 45.3 Å². The summed E-state index contributed by atoms with van der Waals surface area (Å²) >= 11 is 0. The molecule has 0 bridgehead atoms. The number of rotatable bonds is 8. The number of aliphatic hydroxyl groups excluding tert-OH is 2. The van der Waals surface area contributed by atoms with Crippen molar-refractivity contribution >= 4 is 23.2 Å². The number of phenolic OH excluding ortho intramolecular Hbond substituents is 1. The van der Waals surface area contributed by atoms with Gasteiger partial charge in [0.2, 0.25) is 5.78 Å². The lowest BCUT2D eigenvalue weighted by atomic mass is 9.52. The number of phenols is 1. The third kappa shape index (κ3) is 4.02. The van der Waals surface area contributed by atoms with Gasteiger partial charge < -0.3 is 41.3 Å². The van der Waals surface area contributed by atoms with Crippen molar-refractivity contribution in [1.29, 1.82) is 0 Å². The van der Waals surface area contributed by atoms with Crippen molar-refractivity contribution < 1.29 is 34.8 Å². The average Bonchev–Trinajstić information content (AvgIpc) is 2.87. The molecule has 0 radical (unpaired) electrons. The van der Waals surface area contributed by atoms with Gasteiger partial charge in [-0.15, -0.1) is 0 Å². The molecule has 0 heterocycles. The minimum atomic E-state index is -2.69. The van der Waals surface area contributed by atoms with Gasteiger partial charge in [-0.05, 0) is 50.2 Å². The summed E-state index contributed by atoms with van der Waals surface area (Å²) in [4.78, 5) is 44.0. The fourth-order valence-corrected chi connectivity index (χ4v) is 6.80. The van der Waals surface area contributed by atoms with Crippen LogP contribution in [0.5, 0.6) is 5.75 Å². The fraction of sp³-hybridized carbons (Fsp3) is 0.536. The highest BCUT2D eigenvalue weighted by atomic mass is 16.3. The molecular weight excluding hydrogens is 504 g/mol. The van der Waals surface area contributed by atoms with Gasteiger partial charge in [0, 0.05) is 43.2 Å². The van der Waals surface area contributed by atoms with E-state index in [0.717, 1.165) is 5.69 Å². The van der Waals surface area contributed by atoms with Crippen LogP contribution in [0.25, 0.3) is 0 Å². The van der Waals surface area contributed by atoms with Crippen LogP contribution in [-0.4, -0.2) is 94.7 Å². The zero-order chi connectivity index (χ0) is 29.0. The molecule has 0 saturated carbocycles. The van der Waals surface area contributed by atoms with Gasteiger partial charge in [0.25, 0.3) is 5.91 Å². The van der Waals surface area contributed by atoms with Crippen LogP contribution in [-0.2, 0) is 16.0 Å². The van der Waals surface area contributed by atoms with E-state index < -0.39 is 57.5 Å². The Labute approximate surface area is 227 Å². The number of hydrogen-bond acceptors (Lipinski definition) is 10. The molecule has 11 nitrogen and oxygen atoms in total. The fourth-order valence-electron chi connectivity index (χ4n) is 6.80. The van der Waals surface area contributed by atoms with Crippen molar-refractivity contribution in [3.8, 4) is 5.75 Å². The van der Waals surface area contributed by atoms with Crippen molar-refractivity contribution in [3.63, 3.8) is 0 Å². The van der Waals surface area contributed by atoms with Crippen molar-refractivity contribution in [3.05, 3.63) is 45.9 Å². The molecule has 7 N–H and O–H groups in total. The van der Waals surface area contributed by atoms with Gasteiger partial charge in [-0.3, -0.25) is 14.4 Å². The number of benzene rings is 1. The molecule has 3 aliphatic rings. The van der Waals surface area contributed by atoms with Gasteiger partial charge in [-0.25, -0.2) is 0 Å². The number of ketones is 2. The number of hydrogen-bond donors (Lipinski definition) is 6. The molecule has 0 spiro atoms. The first kappa shape index (κ1) is 28.6. The second-order valence-corrected chi connectivity index (χ2v) is 10.9. The Morgan fingerprint density at radius 2 is 1.77 bits per heavy atom. The lowest BCUT2D eigenvalue weighted by Crippen LogP contribution is -2.66. The van der Waals surface area contributed by atoms with Gasteiger partial charge in [0.05, 0.1) is 11.6 Å². The molecule has 0 aromatic heterocycles. The van der Waals surface area contributed by atoms with Gasteiger partial charge in [-0.2, -0.15) is 0 Å². The van der Waals surface area contributed by atoms with Crippen molar-refractivity contribution in [2.75, 3.05) is 45.2 Å². The Hall–Kier alpha value is -3.41. The molecular formula is C28H38N4O7. The minimum absolute atomic E-state index is 0.0000208. The predicted molar refractivity (Wildman–Crippen MR) is 145 cm³/mol. The van der Waals surface area contributed by atoms with Crippen molar-refractivity contribution in [1.82, 2.24) is 10.2 Å². The maximum Gasteiger partial charge on any atom is 0.255 e. The molecule has 11 heteroatoms. The van der Waals surface area contributed by atoms with E-state index in [0.29, 0.717) is 31.7 Å². The summed E-state index contributed by atoms with van der Waals surface area (Å²) in [6.45, 7) is 7.58. The smallest absolute Gasteiger partial charge is 0.255 e. The number of anilines is 1. The zero-order valence-electron chi connectivity index (χ0n) is 23.0. The van der Waals surface area contributed by atoms with Crippen LogP contribution in [0.15, 0.2) is 34.8 Å². The van der Waals surface area contributed by atoms with Crippen LogP contribution in [0, 0.1) is 11.3 Å². The van der Waals surface area contributed by atoms with Crippen LogP contribution in [0.2, 0.25) is 0 Å². The number of carbonyl (C=O) groups is 3. The van der Waals surface area contributed by atoms with Gasteiger partial charge in [0.15, 0.2) is 11.4 Å². The Kier molecular flexibility index (Phi) is 7.30. The number of nitrogens with one attached hydrogen (secondary N) is 1. The summed E-state index contributed by atoms with van der Waals surface area (Å²) in [5.41, 5.74) is 1.98. The van der Waals surface area contributed by atoms with Crippen LogP contribution in [0.3, 0.4) is 0 Å². The number of nitrogens with two attached hydrogens (primary N) is 1. The molecule has 4 atom stereocenters. The molecule has 0 saturated heterocycles. The Morgan fingerprint density at radius 1 is 1.13 bits per heavy atom. The lowest BCUT2D eigenvalue weighted by molar-refractivity contribution is -0.148. The number of aromatic hydroxyl groups is 1. The predicted octanol–water partition coefficient (Wildman–Crippen LogP) is 0.947. The molecule has 0 unspecified atom stereocenters. The van der Waals surface area contributed by atoms with Gasteiger partial charge >= 0.3 is 0 Å². The quantitative estimate of drug-likeness (QED) is 0.259. The molecule has 1 aromatic carbocycles. The molecule has 39 heavy (non-hydrogen) atoms. The lowest BCUT2D eigenvalue weighted by Gasteiger charge is -2.54. The van der Waals surface area contributed by atoms with E-state index in [-0.39, 0.29) is 29.7 Å². The number of aliphatic hydroxyl groups is 3. The van der Waals surface area contributed by atoms with E-state index >= 15 is 0 Å². The summed E-state index contributed by atoms with van der Waals surface area (Å²) in [5.74, 6) is -6.05. The monoisotopic (exact) mass is 542 g/mol. The van der Waals surface area contributed by atoms with E-state index in [2.05, 4.69) is 10.2 Å². The molecule has 3 aliphatic carbocycles. The van der Waals surface area contributed by atoms with Crippen LogP contribution < -0.4 is 16.0 Å². The number of primary amides is 1. The number of amides is 1. The summed E-state index contributed by atoms with van der Waals surface area (Å²) in [6, 6.07) is 2.03. The molecule has 0 aliphatic heterocycles. The maximum atomic E-state index is 14.2. The Balaban J connectivity index is 2.08. The van der Waals surface area contributed by atoms with E-state index in [1.807, 2.05) is 32.8 Å².